The van der Waals surface area contributed by atoms with E-state index in [0.717, 1.165) is 30.8 Å². The molecule has 0 aliphatic heterocycles. The summed E-state index contributed by atoms with van der Waals surface area (Å²) < 4.78 is 16.4. The number of benzene rings is 1. The Morgan fingerprint density at radius 1 is 1.11 bits per heavy atom. The van der Waals surface area contributed by atoms with Crippen molar-refractivity contribution in [2.75, 3.05) is 20.8 Å². The summed E-state index contributed by atoms with van der Waals surface area (Å²) in [5.41, 5.74) is 2.08. The number of hydrogen-bond acceptors (Lipinski definition) is 4. The highest BCUT2D eigenvalue weighted by Gasteiger charge is 2.46. The third kappa shape index (κ3) is 4.50. The molecule has 1 aromatic carbocycles. The third-order valence-electron chi connectivity index (χ3n) is 6.01. The first kappa shape index (κ1) is 21.4. The van der Waals surface area contributed by atoms with E-state index in [1.807, 2.05) is 20.8 Å². The molecule has 1 amide bonds. The maximum absolute atomic E-state index is 12.0. The maximum atomic E-state index is 12.0. The predicted molar refractivity (Wildman–Crippen MR) is 108 cm³/mol. The van der Waals surface area contributed by atoms with Crippen LogP contribution >= 0.6 is 0 Å². The first-order valence-electron chi connectivity index (χ1n) is 9.66. The molecule has 27 heavy (non-hydrogen) atoms. The van der Waals surface area contributed by atoms with Crippen LogP contribution in [-0.4, -0.2) is 32.5 Å². The number of ether oxygens (including phenoxy) is 3. The van der Waals surface area contributed by atoms with E-state index in [0.29, 0.717) is 6.54 Å². The van der Waals surface area contributed by atoms with Gasteiger partial charge in [-0.05, 0) is 74.1 Å². The Hall–Kier alpha value is -1.91. The van der Waals surface area contributed by atoms with Gasteiger partial charge in [-0.3, -0.25) is 0 Å². The van der Waals surface area contributed by atoms with Crippen LogP contribution in [0.2, 0.25) is 0 Å². The summed E-state index contributed by atoms with van der Waals surface area (Å²) in [6.45, 7) is 13.1. The van der Waals surface area contributed by atoms with Crippen molar-refractivity contribution >= 4 is 6.09 Å². The van der Waals surface area contributed by atoms with Crippen molar-refractivity contribution in [2.45, 2.75) is 71.8 Å². The molecule has 1 aromatic rings. The van der Waals surface area contributed by atoms with Crippen molar-refractivity contribution in [3.63, 3.8) is 0 Å². The van der Waals surface area contributed by atoms with E-state index in [-0.39, 0.29) is 16.9 Å². The first-order valence-corrected chi connectivity index (χ1v) is 9.66. The average molecular weight is 378 g/mol. The molecule has 2 rings (SSSR count). The van der Waals surface area contributed by atoms with Crippen LogP contribution < -0.4 is 14.8 Å². The molecule has 1 atom stereocenters. The maximum Gasteiger partial charge on any atom is 0.407 e. The molecule has 152 valence electrons. The van der Waals surface area contributed by atoms with E-state index in [1.54, 1.807) is 14.2 Å². The molecule has 5 heteroatoms. The quantitative estimate of drug-likeness (QED) is 0.797. The number of fused-ring (bicyclic) bond motifs is 1. The molecule has 0 saturated heterocycles. The summed E-state index contributed by atoms with van der Waals surface area (Å²) in [5.74, 6) is 1.52. The summed E-state index contributed by atoms with van der Waals surface area (Å²) in [5, 5.41) is 2.91. The van der Waals surface area contributed by atoms with Gasteiger partial charge in [0, 0.05) is 6.54 Å². The Balaban J connectivity index is 2.27. The van der Waals surface area contributed by atoms with E-state index < -0.39 is 5.60 Å². The van der Waals surface area contributed by atoms with Gasteiger partial charge >= 0.3 is 6.09 Å². The molecule has 0 fully saturated rings. The van der Waals surface area contributed by atoms with Crippen LogP contribution in [0.3, 0.4) is 0 Å². The summed E-state index contributed by atoms with van der Waals surface area (Å²) in [7, 11) is 3.33. The largest absolute Gasteiger partial charge is 0.493 e. The van der Waals surface area contributed by atoms with Gasteiger partial charge in [-0.15, -0.1) is 0 Å². The molecule has 5 nitrogen and oxygen atoms in total. The molecule has 0 aromatic heterocycles. The van der Waals surface area contributed by atoms with Gasteiger partial charge in [-0.1, -0.05) is 20.8 Å². The number of hydrogen-bond donors (Lipinski definition) is 1. The summed E-state index contributed by atoms with van der Waals surface area (Å²) >= 11 is 0. The molecule has 0 saturated carbocycles. The first-order chi connectivity index (χ1) is 12.4. The summed E-state index contributed by atoms with van der Waals surface area (Å²) in [6.07, 6.45) is 2.55. The highest BCUT2D eigenvalue weighted by atomic mass is 16.6. The van der Waals surface area contributed by atoms with Crippen molar-refractivity contribution < 1.29 is 19.0 Å². The Morgan fingerprint density at radius 3 is 2.26 bits per heavy atom. The average Bonchev–Trinajstić information content (AvgIpc) is 2.56. The number of carbonyl (C=O) groups excluding carboxylic acids is 1. The van der Waals surface area contributed by atoms with Gasteiger partial charge in [0.25, 0.3) is 0 Å². The van der Waals surface area contributed by atoms with Crippen molar-refractivity contribution in [1.29, 1.82) is 0 Å². The fourth-order valence-electron chi connectivity index (χ4n) is 3.93. The molecule has 1 N–H and O–H groups in total. The van der Waals surface area contributed by atoms with Gasteiger partial charge in [0.1, 0.15) is 5.60 Å². The SMILES string of the molecule is COc1cc2c(cc1OC)C(C)(CCNC(=O)OC(C)(C)C)C(C)(C)CC2. The fraction of sp³-hybridized carbons (Fsp3) is 0.682. The number of rotatable bonds is 5. The molecule has 0 spiro atoms. The second-order valence-electron chi connectivity index (χ2n) is 9.26. The van der Waals surface area contributed by atoms with Gasteiger partial charge in [0.2, 0.25) is 0 Å². The van der Waals surface area contributed by atoms with Gasteiger partial charge in [-0.2, -0.15) is 0 Å². The molecule has 1 aliphatic carbocycles. The van der Waals surface area contributed by atoms with Crippen LogP contribution in [0.15, 0.2) is 12.1 Å². The Bertz CT molecular complexity index is 690. The Kier molecular flexibility index (Phi) is 6.03. The number of amides is 1. The minimum Gasteiger partial charge on any atom is -0.493 e. The van der Waals surface area contributed by atoms with Gasteiger partial charge in [-0.25, -0.2) is 4.79 Å². The summed E-state index contributed by atoms with van der Waals surface area (Å²) in [4.78, 5) is 12.0. The van der Waals surface area contributed by atoms with E-state index in [9.17, 15) is 4.79 Å². The zero-order valence-electron chi connectivity index (χ0n) is 18.1. The van der Waals surface area contributed by atoms with Crippen molar-refractivity contribution in [1.82, 2.24) is 5.32 Å². The normalized spacial score (nSPS) is 21.2. The minimum atomic E-state index is -0.491. The number of nitrogens with one attached hydrogen (secondary N) is 1. The molecular formula is C22H35NO4. The minimum absolute atomic E-state index is 0.0925. The molecule has 1 aliphatic rings. The van der Waals surface area contributed by atoms with E-state index >= 15 is 0 Å². The lowest BCUT2D eigenvalue weighted by Crippen LogP contribution is -2.46. The topological polar surface area (TPSA) is 56.8 Å². The second kappa shape index (κ2) is 7.61. The van der Waals surface area contributed by atoms with Crippen molar-refractivity contribution in [2.24, 2.45) is 5.41 Å². The highest BCUT2D eigenvalue weighted by molar-refractivity contribution is 5.67. The lowest BCUT2D eigenvalue weighted by Gasteiger charge is -2.49. The van der Waals surface area contributed by atoms with Crippen LogP contribution in [0.1, 0.15) is 65.5 Å². The van der Waals surface area contributed by atoms with Crippen LogP contribution in [0, 0.1) is 5.41 Å². The van der Waals surface area contributed by atoms with Crippen LogP contribution in [0.4, 0.5) is 4.79 Å². The monoisotopic (exact) mass is 377 g/mol. The van der Waals surface area contributed by atoms with Gasteiger partial charge in [0.05, 0.1) is 14.2 Å². The zero-order valence-corrected chi connectivity index (χ0v) is 18.1. The van der Waals surface area contributed by atoms with Gasteiger partial charge in [0.15, 0.2) is 11.5 Å². The van der Waals surface area contributed by atoms with Crippen molar-refractivity contribution in [3.05, 3.63) is 23.3 Å². The Labute approximate surface area is 163 Å². The Morgan fingerprint density at radius 2 is 1.70 bits per heavy atom. The lowest BCUT2D eigenvalue weighted by molar-refractivity contribution is 0.0512. The molecule has 0 radical (unpaired) electrons. The summed E-state index contributed by atoms with van der Waals surface area (Å²) in [6, 6.07) is 4.21. The second-order valence-corrected chi connectivity index (χ2v) is 9.26. The lowest BCUT2D eigenvalue weighted by atomic mass is 9.55. The van der Waals surface area contributed by atoms with E-state index in [2.05, 4.69) is 38.2 Å². The van der Waals surface area contributed by atoms with E-state index in [1.165, 1.54) is 11.1 Å². The van der Waals surface area contributed by atoms with Gasteiger partial charge < -0.3 is 19.5 Å². The smallest absolute Gasteiger partial charge is 0.407 e. The zero-order chi connectivity index (χ0) is 20.5. The van der Waals surface area contributed by atoms with Crippen LogP contribution in [0.5, 0.6) is 11.5 Å². The molecule has 0 bridgehead atoms. The highest BCUT2D eigenvalue weighted by Crippen LogP contribution is 2.53. The standard InChI is InChI=1S/C22H35NO4/c1-20(2,3)27-19(24)23-12-11-22(6)16-14-18(26-8)17(25-7)13-15(16)9-10-21(22,4)5/h13-14H,9-12H2,1-8H3,(H,23,24). The number of carbonyl (C=O) groups is 1. The predicted octanol–water partition coefficient (Wildman–Crippen LogP) is 4.85. The number of aryl methyl sites for hydroxylation is 1. The molecular weight excluding hydrogens is 342 g/mol. The molecule has 0 heterocycles. The van der Waals surface area contributed by atoms with Crippen LogP contribution in [0.25, 0.3) is 0 Å². The van der Waals surface area contributed by atoms with E-state index in [4.69, 9.17) is 14.2 Å². The van der Waals surface area contributed by atoms with Crippen LogP contribution in [-0.2, 0) is 16.6 Å². The van der Waals surface area contributed by atoms with Crippen molar-refractivity contribution in [3.8, 4) is 11.5 Å². The number of methoxy groups -OCH3 is 2. The molecule has 1 unspecified atom stereocenters. The fourth-order valence-corrected chi connectivity index (χ4v) is 3.93. The number of alkyl carbamates (subject to hydrolysis) is 1. The third-order valence-corrected chi connectivity index (χ3v) is 6.01.